The highest BCUT2D eigenvalue weighted by atomic mass is 32.2. The molecule has 2 heterocycles. The molecular weight excluding hydrogens is 380 g/mol. The number of Topliss-reactive ketones (excluding diaryl/α,β-unsaturated/α-hetero) is 1. The molecule has 29 heavy (non-hydrogen) atoms. The van der Waals surface area contributed by atoms with Gasteiger partial charge in [-0.15, -0.1) is 5.10 Å². The highest BCUT2D eigenvalue weighted by molar-refractivity contribution is 7.98. The summed E-state index contributed by atoms with van der Waals surface area (Å²) in [7, 11) is 0. The van der Waals surface area contributed by atoms with Gasteiger partial charge in [-0.2, -0.15) is 4.98 Å². The van der Waals surface area contributed by atoms with E-state index < -0.39 is 0 Å². The number of aryl methyl sites for hydroxylation is 1. The quantitative estimate of drug-likeness (QED) is 0.467. The van der Waals surface area contributed by atoms with Crippen molar-refractivity contribution in [2.45, 2.75) is 36.6 Å². The molecule has 0 N–H and O–H groups in total. The van der Waals surface area contributed by atoms with Gasteiger partial charge in [0, 0.05) is 18.4 Å². The number of benzene rings is 2. The second-order valence-corrected chi connectivity index (χ2v) is 8.34. The molecule has 0 unspecified atom stereocenters. The SMILES string of the molecule is Cc1ccccc1CSc1nc2nc3c(cn2n1)C(=O)C[C@@H](c1ccccc1)C3. The largest absolute Gasteiger partial charge is 0.294 e. The maximum atomic E-state index is 12.8. The number of carbonyl (C=O) groups is 1. The van der Waals surface area contributed by atoms with Crippen LogP contribution in [0.4, 0.5) is 0 Å². The minimum atomic E-state index is 0.124. The Balaban J connectivity index is 1.42. The Labute approximate surface area is 173 Å². The van der Waals surface area contributed by atoms with Crippen molar-refractivity contribution >= 4 is 23.3 Å². The van der Waals surface area contributed by atoms with Gasteiger partial charge < -0.3 is 0 Å². The second-order valence-electron chi connectivity index (χ2n) is 7.39. The van der Waals surface area contributed by atoms with E-state index >= 15 is 0 Å². The molecule has 2 aromatic carbocycles. The van der Waals surface area contributed by atoms with Crippen molar-refractivity contribution in [1.82, 2.24) is 19.6 Å². The standard InChI is InChI=1S/C23H20N4OS/c1-15-7-5-6-10-17(15)14-29-23-25-22-24-20-11-18(16-8-3-2-4-9-16)12-21(28)19(20)13-27(22)26-23/h2-10,13,18H,11-12,14H2,1H3/t18-/m0/s1. The molecule has 0 fully saturated rings. The third-order valence-corrected chi connectivity index (χ3v) is 6.34. The van der Waals surface area contributed by atoms with E-state index in [0.717, 1.165) is 17.9 Å². The Morgan fingerprint density at radius 3 is 2.66 bits per heavy atom. The van der Waals surface area contributed by atoms with Crippen LogP contribution in [0.2, 0.25) is 0 Å². The van der Waals surface area contributed by atoms with Crippen molar-refractivity contribution < 1.29 is 4.79 Å². The smallest absolute Gasteiger partial charge is 0.253 e. The van der Waals surface area contributed by atoms with Crippen LogP contribution < -0.4 is 0 Å². The highest BCUT2D eigenvalue weighted by Crippen LogP contribution is 2.32. The summed E-state index contributed by atoms with van der Waals surface area (Å²) in [6.45, 7) is 2.11. The van der Waals surface area contributed by atoms with Crippen LogP contribution in [0, 0.1) is 6.92 Å². The van der Waals surface area contributed by atoms with Gasteiger partial charge in [-0.1, -0.05) is 66.4 Å². The van der Waals surface area contributed by atoms with Crippen molar-refractivity contribution in [1.29, 1.82) is 0 Å². The number of rotatable bonds is 4. The lowest BCUT2D eigenvalue weighted by atomic mass is 9.82. The Bertz CT molecular complexity index is 1200. The summed E-state index contributed by atoms with van der Waals surface area (Å²) in [5.74, 6) is 1.65. The highest BCUT2D eigenvalue weighted by Gasteiger charge is 2.28. The first-order valence-electron chi connectivity index (χ1n) is 9.69. The van der Waals surface area contributed by atoms with Crippen LogP contribution >= 0.6 is 11.8 Å². The number of hydrogen-bond donors (Lipinski definition) is 0. The Morgan fingerprint density at radius 2 is 1.83 bits per heavy atom. The third kappa shape index (κ3) is 3.56. The first-order valence-corrected chi connectivity index (χ1v) is 10.7. The normalized spacial score (nSPS) is 16.2. The van der Waals surface area contributed by atoms with Crippen LogP contribution in [-0.4, -0.2) is 25.4 Å². The molecule has 1 atom stereocenters. The van der Waals surface area contributed by atoms with Gasteiger partial charge in [0.25, 0.3) is 5.78 Å². The molecule has 6 heteroatoms. The van der Waals surface area contributed by atoms with Crippen LogP contribution in [0.5, 0.6) is 0 Å². The van der Waals surface area contributed by atoms with Crippen LogP contribution in [-0.2, 0) is 12.2 Å². The van der Waals surface area contributed by atoms with Gasteiger partial charge in [0.05, 0.1) is 11.3 Å². The monoisotopic (exact) mass is 400 g/mol. The fraction of sp³-hybridized carbons (Fsp3) is 0.217. The molecule has 0 amide bonds. The summed E-state index contributed by atoms with van der Waals surface area (Å²) in [5, 5.41) is 5.21. The van der Waals surface area contributed by atoms with Crippen LogP contribution in [0.25, 0.3) is 5.78 Å². The van der Waals surface area contributed by atoms with Gasteiger partial charge in [0.2, 0.25) is 5.16 Å². The molecule has 1 aliphatic rings. The van der Waals surface area contributed by atoms with Gasteiger partial charge in [0.15, 0.2) is 5.78 Å². The average molecular weight is 401 g/mol. The molecule has 4 aromatic rings. The summed E-state index contributed by atoms with van der Waals surface area (Å²) in [6.07, 6.45) is 3.06. The fourth-order valence-electron chi connectivity index (χ4n) is 3.80. The molecule has 5 rings (SSSR count). The third-order valence-electron chi connectivity index (χ3n) is 5.45. The van der Waals surface area contributed by atoms with E-state index in [2.05, 4.69) is 41.3 Å². The van der Waals surface area contributed by atoms with Crippen molar-refractivity contribution in [3.05, 3.63) is 88.7 Å². The molecule has 0 radical (unpaired) electrons. The Hall–Kier alpha value is -2.99. The molecule has 1 aliphatic carbocycles. The predicted octanol–water partition coefficient (Wildman–Crippen LogP) is 4.64. The lowest BCUT2D eigenvalue weighted by Gasteiger charge is -2.22. The maximum Gasteiger partial charge on any atom is 0.253 e. The number of hydrogen-bond acceptors (Lipinski definition) is 5. The lowest BCUT2D eigenvalue weighted by Crippen LogP contribution is -2.21. The first kappa shape index (κ1) is 18.1. The number of ketones is 1. The van der Waals surface area contributed by atoms with Gasteiger partial charge in [-0.05, 0) is 36.0 Å². The Kier molecular flexibility index (Phi) is 4.64. The molecular formula is C23H20N4OS. The molecule has 0 saturated carbocycles. The predicted molar refractivity (Wildman–Crippen MR) is 113 cm³/mol. The molecule has 0 saturated heterocycles. The number of thioether (sulfide) groups is 1. The zero-order valence-electron chi connectivity index (χ0n) is 16.1. The van der Waals surface area contributed by atoms with E-state index in [-0.39, 0.29) is 11.7 Å². The number of carbonyl (C=O) groups excluding carboxylic acids is 1. The van der Waals surface area contributed by atoms with Crippen LogP contribution in [0.3, 0.4) is 0 Å². The van der Waals surface area contributed by atoms with E-state index in [1.54, 1.807) is 22.5 Å². The minimum absolute atomic E-state index is 0.124. The van der Waals surface area contributed by atoms with E-state index in [9.17, 15) is 4.79 Å². The maximum absolute atomic E-state index is 12.8. The first-order chi connectivity index (χ1) is 14.2. The number of nitrogens with zero attached hydrogens (tertiary/aromatic N) is 4. The molecule has 2 aromatic heterocycles. The topological polar surface area (TPSA) is 60.1 Å². The summed E-state index contributed by atoms with van der Waals surface area (Å²) in [5.41, 5.74) is 5.21. The summed E-state index contributed by atoms with van der Waals surface area (Å²) < 4.78 is 1.64. The second kappa shape index (κ2) is 7.44. The van der Waals surface area contributed by atoms with Gasteiger partial charge in [0.1, 0.15) is 0 Å². The summed E-state index contributed by atoms with van der Waals surface area (Å²) in [4.78, 5) is 22.0. The number of aromatic nitrogens is 4. The van der Waals surface area contributed by atoms with E-state index in [1.165, 1.54) is 16.7 Å². The summed E-state index contributed by atoms with van der Waals surface area (Å²) >= 11 is 1.59. The zero-order valence-corrected chi connectivity index (χ0v) is 16.9. The minimum Gasteiger partial charge on any atom is -0.294 e. The summed E-state index contributed by atoms with van der Waals surface area (Å²) in [6, 6.07) is 18.5. The Morgan fingerprint density at radius 1 is 1.03 bits per heavy atom. The van der Waals surface area contributed by atoms with Gasteiger partial charge in [-0.25, -0.2) is 9.50 Å². The zero-order chi connectivity index (χ0) is 19.8. The number of fused-ring (bicyclic) bond motifs is 2. The lowest BCUT2D eigenvalue weighted by molar-refractivity contribution is 0.0962. The molecule has 5 nitrogen and oxygen atoms in total. The molecule has 0 aliphatic heterocycles. The van der Waals surface area contributed by atoms with E-state index in [4.69, 9.17) is 4.98 Å². The molecule has 0 bridgehead atoms. The van der Waals surface area contributed by atoms with E-state index in [0.29, 0.717) is 22.9 Å². The van der Waals surface area contributed by atoms with Crippen molar-refractivity contribution in [2.24, 2.45) is 0 Å². The van der Waals surface area contributed by atoms with Crippen molar-refractivity contribution in [3.63, 3.8) is 0 Å². The van der Waals surface area contributed by atoms with Gasteiger partial charge >= 0.3 is 0 Å². The average Bonchev–Trinajstić information content (AvgIpc) is 3.14. The molecule has 144 valence electrons. The van der Waals surface area contributed by atoms with Crippen LogP contribution in [0.1, 0.15) is 45.1 Å². The van der Waals surface area contributed by atoms with E-state index in [1.807, 2.05) is 30.3 Å². The molecule has 0 spiro atoms. The van der Waals surface area contributed by atoms with Crippen molar-refractivity contribution in [3.8, 4) is 0 Å². The van der Waals surface area contributed by atoms with Crippen LogP contribution in [0.15, 0.2) is 66.0 Å². The fourth-order valence-corrected chi connectivity index (χ4v) is 4.70. The van der Waals surface area contributed by atoms with Crippen molar-refractivity contribution in [2.75, 3.05) is 0 Å². The van der Waals surface area contributed by atoms with Gasteiger partial charge in [-0.3, -0.25) is 4.79 Å².